The number of allylic oxidation sites excluding steroid dienone is 4. The summed E-state index contributed by atoms with van der Waals surface area (Å²) in [6.07, 6.45) is 10.0. The van der Waals surface area contributed by atoms with Gasteiger partial charge in [0.05, 0.1) is 0 Å². The van der Waals surface area contributed by atoms with Crippen LogP contribution in [0, 0.1) is 6.08 Å². The Morgan fingerprint density at radius 2 is 1.78 bits per heavy atom. The third kappa shape index (κ3) is 12.4. The SMILES string of the molecule is Cl.Cl.[C-]1=CC=CC1.[SiH4].[Zr]. The molecule has 1 aliphatic carbocycles. The Labute approximate surface area is 92.1 Å². The summed E-state index contributed by atoms with van der Waals surface area (Å²) in [5, 5.41) is 0. The molecule has 0 spiro atoms. The van der Waals surface area contributed by atoms with Gasteiger partial charge in [0.25, 0.3) is 0 Å². The molecule has 1 aliphatic rings. The first-order chi connectivity index (χ1) is 2.50. The summed E-state index contributed by atoms with van der Waals surface area (Å²) in [5.74, 6) is 0. The number of hydrogen-bond acceptors (Lipinski definition) is 0. The van der Waals surface area contributed by atoms with Crippen LogP contribution in [0.15, 0.2) is 18.2 Å². The van der Waals surface area contributed by atoms with Crippen LogP contribution in [0.1, 0.15) is 6.42 Å². The van der Waals surface area contributed by atoms with Gasteiger partial charge in [-0.15, -0.1) is 31.2 Å². The average molecular weight is 261 g/mol. The van der Waals surface area contributed by atoms with Gasteiger partial charge < -0.3 is 0 Å². The molecule has 0 fully saturated rings. The predicted octanol–water partition coefficient (Wildman–Crippen LogP) is 0.695. The Morgan fingerprint density at radius 3 is 1.89 bits per heavy atom. The van der Waals surface area contributed by atoms with Crippen molar-refractivity contribution in [1.29, 1.82) is 0 Å². The van der Waals surface area contributed by atoms with E-state index in [2.05, 4.69) is 12.2 Å². The van der Waals surface area contributed by atoms with Crippen LogP contribution in [0.4, 0.5) is 0 Å². The Hall–Kier alpha value is 1.16. The molecule has 0 aromatic carbocycles. The Balaban J connectivity index is -0.0000000312. The summed E-state index contributed by atoms with van der Waals surface area (Å²) < 4.78 is 0. The van der Waals surface area contributed by atoms with Crippen LogP contribution in [0.25, 0.3) is 0 Å². The molecule has 9 heavy (non-hydrogen) atoms. The first kappa shape index (κ1) is 22.5. The minimum Gasteiger partial charge on any atom is -0.273 e. The summed E-state index contributed by atoms with van der Waals surface area (Å²) in [6, 6.07) is 0. The van der Waals surface area contributed by atoms with E-state index in [1.54, 1.807) is 0 Å². The molecule has 0 atom stereocenters. The van der Waals surface area contributed by atoms with Gasteiger partial charge in [0.1, 0.15) is 0 Å². The Morgan fingerprint density at radius 1 is 1.22 bits per heavy atom. The van der Waals surface area contributed by atoms with Crippen LogP contribution in [0.3, 0.4) is 0 Å². The van der Waals surface area contributed by atoms with Gasteiger partial charge in [-0.25, -0.2) is 12.2 Å². The minimum atomic E-state index is 0. The van der Waals surface area contributed by atoms with E-state index in [1.807, 2.05) is 12.2 Å². The summed E-state index contributed by atoms with van der Waals surface area (Å²) in [4.78, 5) is 0. The van der Waals surface area contributed by atoms with Gasteiger partial charge in [0.2, 0.25) is 0 Å². The van der Waals surface area contributed by atoms with Gasteiger partial charge >= 0.3 is 0 Å². The van der Waals surface area contributed by atoms with Crippen molar-refractivity contribution in [2.24, 2.45) is 0 Å². The van der Waals surface area contributed by atoms with E-state index in [1.165, 1.54) is 0 Å². The molecule has 0 bridgehead atoms. The van der Waals surface area contributed by atoms with E-state index in [-0.39, 0.29) is 62.0 Å². The molecule has 0 aliphatic heterocycles. The van der Waals surface area contributed by atoms with Crippen molar-refractivity contribution < 1.29 is 26.2 Å². The van der Waals surface area contributed by atoms with Gasteiger partial charge in [-0.2, -0.15) is 6.08 Å². The monoisotopic (exact) mass is 259 g/mol. The smallest absolute Gasteiger partial charge is 0 e. The van der Waals surface area contributed by atoms with Crippen molar-refractivity contribution in [3.63, 3.8) is 0 Å². The van der Waals surface area contributed by atoms with Crippen LogP contribution in [-0.2, 0) is 26.2 Å². The van der Waals surface area contributed by atoms with Crippen LogP contribution < -0.4 is 0 Å². The molecule has 0 heterocycles. The molecule has 0 N–H and O–H groups in total. The van der Waals surface area contributed by atoms with E-state index in [0.29, 0.717) is 0 Å². The topological polar surface area (TPSA) is 0 Å². The van der Waals surface area contributed by atoms with Crippen molar-refractivity contribution in [2.75, 3.05) is 0 Å². The molecule has 0 saturated heterocycles. The van der Waals surface area contributed by atoms with E-state index >= 15 is 0 Å². The first-order valence-corrected chi connectivity index (χ1v) is 1.72. The van der Waals surface area contributed by atoms with Gasteiger partial charge in [0, 0.05) is 26.2 Å². The quantitative estimate of drug-likeness (QED) is 0.445. The molecule has 0 radical (unpaired) electrons. The van der Waals surface area contributed by atoms with Gasteiger partial charge in [-0.1, -0.05) is 0 Å². The Bertz CT molecular complexity index is 73.0. The molecule has 4 heteroatoms. The van der Waals surface area contributed by atoms with Crippen LogP contribution >= 0.6 is 24.8 Å². The van der Waals surface area contributed by atoms with Gasteiger partial charge in [-0.3, -0.25) is 6.08 Å². The molecule has 0 amide bonds. The van der Waals surface area contributed by atoms with E-state index in [0.717, 1.165) is 6.42 Å². The van der Waals surface area contributed by atoms with Crippen molar-refractivity contribution >= 4 is 35.8 Å². The molecule has 0 nitrogen and oxygen atoms in total. The first-order valence-electron chi connectivity index (χ1n) is 1.72. The molecule has 1 rings (SSSR count). The van der Waals surface area contributed by atoms with E-state index in [9.17, 15) is 0 Å². The molecule has 0 aromatic rings. The maximum absolute atomic E-state index is 2.99. The number of rotatable bonds is 0. The van der Waals surface area contributed by atoms with Crippen LogP contribution in [0.2, 0.25) is 0 Å². The molecule has 0 saturated carbocycles. The number of hydrogen-bond donors (Lipinski definition) is 0. The second-order valence-corrected chi connectivity index (χ2v) is 1.00. The zero-order valence-electron chi connectivity index (χ0n) is 4.26. The fourth-order valence-electron chi connectivity index (χ4n) is 0.340. The summed E-state index contributed by atoms with van der Waals surface area (Å²) in [7, 11) is 0. The van der Waals surface area contributed by atoms with Crippen molar-refractivity contribution in [3.8, 4) is 0 Å². The molecular weight excluding hydrogens is 250 g/mol. The van der Waals surface area contributed by atoms with Crippen LogP contribution in [0.5, 0.6) is 0 Å². The second kappa shape index (κ2) is 16.1. The van der Waals surface area contributed by atoms with Gasteiger partial charge in [0.15, 0.2) is 0 Å². The fourth-order valence-corrected chi connectivity index (χ4v) is 0.340. The maximum atomic E-state index is 2.99. The standard InChI is InChI=1S/C5H5.2ClH.H4Si.Zr/c1-2-4-5-3-1;;;;/h1-3H,4H2;2*1H;1H4;/q-1;;;;. The second-order valence-electron chi connectivity index (χ2n) is 1.00. The molecule has 54 valence electrons. The normalized spacial score (nSPS) is 9.78. The fraction of sp³-hybridized carbons (Fsp3) is 0.200. The maximum Gasteiger partial charge on any atom is 0 e. The minimum absolute atomic E-state index is 0. The van der Waals surface area contributed by atoms with E-state index < -0.39 is 0 Å². The third-order valence-electron chi connectivity index (χ3n) is 0.586. The Kier molecular flexibility index (Phi) is 40.1. The largest absolute Gasteiger partial charge is 0.273 e. The van der Waals surface area contributed by atoms with Crippen molar-refractivity contribution in [1.82, 2.24) is 0 Å². The predicted molar refractivity (Wildman–Crippen MR) is 47.4 cm³/mol. The zero-order valence-corrected chi connectivity index (χ0v) is 8.35. The van der Waals surface area contributed by atoms with Crippen LogP contribution in [-0.4, -0.2) is 11.0 Å². The summed E-state index contributed by atoms with van der Waals surface area (Å²) in [6.45, 7) is 0. The summed E-state index contributed by atoms with van der Waals surface area (Å²) >= 11 is 0. The summed E-state index contributed by atoms with van der Waals surface area (Å²) in [5.41, 5.74) is 0. The molecule has 0 unspecified atom stereocenters. The van der Waals surface area contributed by atoms with Crippen molar-refractivity contribution in [2.45, 2.75) is 6.42 Å². The number of halogens is 2. The average Bonchev–Trinajstić information content (AvgIpc) is 1.76. The van der Waals surface area contributed by atoms with Crippen molar-refractivity contribution in [3.05, 3.63) is 24.3 Å². The molecular formula is C5H11Cl2SiZr-. The van der Waals surface area contributed by atoms with E-state index in [4.69, 9.17) is 0 Å². The zero-order chi connectivity index (χ0) is 3.54. The third-order valence-corrected chi connectivity index (χ3v) is 0.586. The van der Waals surface area contributed by atoms with Gasteiger partial charge in [-0.05, 0) is 11.0 Å². The molecule has 0 aromatic heterocycles.